The summed E-state index contributed by atoms with van der Waals surface area (Å²) in [5, 5.41) is 21.6. The van der Waals surface area contributed by atoms with E-state index in [9.17, 15) is 32.7 Å². The fourth-order valence-corrected chi connectivity index (χ4v) is 8.17. The van der Waals surface area contributed by atoms with Gasteiger partial charge in [-0.15, -0.1) is 0 Å². The highest BCUT2D eigenvalue weighted by Gasteiger charge is 2.33. The number of benzene rings is 3. The quantitative estimate of drug-likeness (QED) is 0.0749. The van der Waals surface area contributed by atoms with Crippen LogP contribution in [0.1, 0.15) is 108 Å². The maximum atomic E-state index is 13.2. The summed E-state index contributed by atoms with van der Waals surface area (Å²) in [4.78, 5) is 43.3. The molecule has 1 saturated carbocycles. The average molecular weight is 811 g/mol. The summed E-state index contributed by atoms with van der Waals surface area (Å²) in [6.07, 6.45) is 5.63. The number of pyridine rings is 1. The smallest absolute Gasteiger partial charge is 0.433 e. The molecule has 3 heterocycles. The van der Waals surface area contributed by atoms with Crippen molar-refractivity contribution in [2.45, 2.75) is 89.5 Å². The number of nitrogens with zero attached hydrogens (tertiary/aromatic N) is 4. The summed E-state index contributed by atoms with van der Waals surface area (Å²) in [7, 11) is 2.19. The van der Waals surface area contributed by atoms with Crippen molar-refractivity contribution in [3.05, 3.63) is 113 Å². The van der Waals surface area contributed by atoms with Gasteiger partial charge < -0.3 is 20.1 Å². The lowest BCUT2D eigenvalue weighted by Gasteiger charge is -2.31. The third-order valence-electron chi connectivity index (χ3n) is 11.2. The minimum absolute atomic E-state index is 0.153. The molecule has 2 aliphatic rings. The normalized spacial score (nSPS) is 17.2. The number of ether oxygens (including phenoxy) is 1. The van der Waals surface area contributed by atoms with Crippen LogP contribution in [0, 0.1) is 5.92 Å². The van der Waals surface area contributed by atoms with E-state index < -0.39 is 29.3 Å². The molecule has 3 amide bonds. The van der Waals surface area contributed by atoms with Crippen molar-refractivity contribution in [3.63, 3.8) is 0 Å². The van der Waals surface area contributed by atoms with Gasteiger partial charge in [-0.2, -0.15) is 18.3 Å². The van der Waals surface area contributed by atoms with E-state index >= 15 is 0 Å². The zero-order chi connectivity index (χ0) is 41.9. The number of hydrogen-bond donors (Lipinski definition) is 3. The van der Waals surface area contributed by atoms with Crippen LogP contribution in [-0.4, -0.2) is 62.6 Å². The fourth-order valence-electron chi connectivity index (χ4n) is 8.17. The van der Waals surface area contributed by atoms with Crippen LogP contribution in [0.5, 0.6) is 11.5 Å². The van der Waals surface area contributed by atoms with E-state index in [1.807, 2.05) is 29.1 Å². The van der Waals surface area contributed by atoms with Gasteiger partial charge in [-0.05, 0) is 132 Å². The molecule has 1 aliphatic carbocycles. The molecule has 59 heavy (non-hydrogen) atoms. The molecular formula is C45H49F3N6O5. The van der Waals surface area contributed by atoms with Gasteiger partial charge >= 0.3 is 6.18 Å². The van der Waals surface area contributed by atoms with E-state index in [-0.39, 0.29) is 29.8 Å². The molecule has 3 aromatic carbocycles. The second-order valence-electron chi connectivity index (χ2n) is 16.3. The lowest BCUT2D eigenvalue weighted by Crippen LogP contribution is -2.37. The first-order valence-electron chi connectivity index (χ1n) is 20.1. The Morgan fingerprint density at radius 3 is 2.51 bits per heavy atom. The monoisotopic (exact) mass is 810 g/mol. The van der Waals surface area contributed by atoms with Gasteiger partial charge in [-0.25, -0.2) is 4.98 Å². The molecule has 0 radical (unpaired) electrons. The van der Waals surface area contributed by atoms with Gasteiger partial charge in [0.05, 0.1) is 29.1 Å². The van der Waals surface area contributed by atoms with Gasteiger partial charge in [0.25, 0.3) is 11.8 Å². The lowest BCUT2D eigenvalue weighted by atomic mass is 9.86. The van der Waals surface area contributed by atoms with E-state index in [2.05, 4.69) is 33.6 Å². The number of aliphatic hydroxyl groups is 1. The van der Waals surface area contributed by atoms with Gasteiger partial charge in [0.2, 0.25) is 5.91 Å². The molecule has 14 heteroatoms. The number of nitrogens with one attached hydrogen (secondary N) is 2. The number of aromatic nitrogens is 3. The third-order valence-corrected chi connectivity index (χ3v) is 11.2. The molecule has 7 rings (SSSR count). The summed E-state index contributed by atoms with van der Waals surface area (Å²) in [5.74, 6) is 0.122. The molecule has 2 aromatic heterocycles. The van der Waals surface area contributed by atoms with Gasteiger partial charge in [0.1, 0.15) is 22.9 Å². The third kappa shape index (κ3) is 10.2. The first-order chi connectivity index (χ1) is 28.1. The summed E-state index contributed by atoms with van der Waals surface area (Å²) >= 11 is 0. The van der Waals surface area contributed by atoms with E-state index in [0.717, 1.165) is 82.0 Å². The van der Waals surface area contributed by atoms with E-state index in [1.165, 1.54) is 11.6 Å². The van der Waals surface area contributed by atoms with Crippen LogP contribution in [0.3, 0.4) is 0 Å². The number of carbonyl (C=O) groups excluding carboxylic acids is 3. The summed E-state index contributed by atoms with van der Waals surface area (Å²) in [6, 6.07) is 20.0. The van der Waals surface area contributed by atoms with Crippen molar-refractivity contribution in [1.29, 1.82) is 0 Å². The van der Waals surface area contributed by atoms with Crippen LogP contribution in [0.25, 0.3) is 10.9 Å². The lowest BCUT2D eigenvalue weighted by molar-refractivity contribution is -0.141. The molecule has 1 fully saturated rings. The highest BCUT2D eigenvalue weighted by atomic mass is 19.4. The number of carbonyl (C=O) groups is 3. The molecule has 0 saturated heterocycles. The number of anilines is 1. The van der Waals surface area contributed by atoms with E-state index in [4.69, 9.17) is 9.84 Å². The molecular weight excluding hydrogens is 762 g/mol. The standard InChI is InChI=1S/C45H49F3N6O5/c1-44(2,58)34-25-36-31(23-37(34)50-42(56)35-14-9-16-39(49-35)45(46,47)48)27-54(52-36)32-19-17-29(18-20-32)26-53(3)21-6-4-5-10-28-11-7-13-33(22-28)59-38-15-8-12-30-24-40(55)51-43(57)41(30)38/h7-9,11-16,22-23,25,27,29,32,58H,4-6,10,17-21,24,26H2,1-3H3,(H,50,56)(H,51,55,57)/t29-,32-. The molecule has 0 bridgehead atoms. The molecule has 310 valence electrons. The van der Waals surface area contributed by atoms with Crippen molar-refractivity contribution in [3.8, 4) is 11.5 Å². The van der Waals surface area contributed by atoms with Gasteiger partial charge in [0, 0.05) is 29.4 Å². The minimum Gasteiger partial charge on any atom is -0.457 e. The van der Waals surface area contributed by atoms with Crippen LogP contribution in [0.4, 0.5) is 18.9 Å². The van der Waals surface area contributed by atoms with Crippen LogP contribution in [0.2, 0.25) is 0 Å². The number of amides is 3. The molecule has 3 N–H and O–H groups in total. The number of aryl methyl sites for hydroxylation is 1. The zero-order valence-electron chi connectivity index (χ0n) is 33.4. The second-order valence-corrected chi connectivity index (χ2v) is 16.3. The maximum Gasteiger partial charge on any atom is 0.433 e. The van der Waals surface area contributed by atoms with E-state index in [1.54, 1.807) is 44.2 Å². The molecule has 0 spiro atoms. The van der Waals surface area contributed by atoms with Crippen molar-refractivity contribution in [1.82, 2.24) is 25.0 Å². The first kappa shape index (κ1) is 41.6. The van der Waals surface area contributed by atoms with Crippen LogP contribution in [0.15, 0.2) is 79.0 Å². The number of fused-ring (bicyclic) bond motifs is 2. The van der Waals surface area contributed by atoms with Crippen molar-refractivity contribution >= 4 is 34.3 Å². The van der Waals surface area contributed by atoms with Crippen LogP contribution < -0.4 is 15.4 Å². The number of hydrogen-bond acceptors (Lipinski definition) is 8. The summed E-state index contributed by atoms with van der Waals surface area (Å²) in [5.41, 5.74) is 0.650. The molecule has 5 aromatic rings. The molecule has 11 nitrogen and oxygen atoms in total. The number of alkyl halides is 3. The minimum atomic E-state index is -4.69. The number of imide groups is 1. The van der Waals surface area contributed by atoms with Crippen LogP contribution in [-0.2, 0) is 29.4 Å². The van der Waals surface area contributed by atoms with Gasteiger partial charge in [-0.3, -0.25) is 24.4 Å². The van der Waals surface area contributed by atoms with Crippen molar-refractivity contribution in [2.24, 2.45) is 5.92 Å². The Bertz CT molecular complexity index is 2340. The summed E-state index contributed by atoms with van der Waals surface area (Å²) in [6.45, 7) is 5.20. The Balaban J connectivity index is 0.869. The zero-order valence-corrected chi connectivity index (χ0v) is 33.4. The van der Waals surface area contributed by atoms with Crippen molar-refractivity contribution in [2.75, 3.05) is 25.5 Å². The Labute approximate surface area is 341 Å². The Morgan fingerprint density at radius 2 is 1.75 bits per heavy atom. The van der Waals surface area contributed by atoms with Crippen molar-refractivity contribution < 1.29 is 37.4 Å². The van der Waals surface area contributed by atoms with Gasteiger partial charge in [-0.1, -0.05) is 36.8 Å². The molecule has 0 unspecified atom stereocenters. The van der Waals surface area contributed by atoms with Crippen LogP contribution >= 0.6 is 0 Å². The largest absolute Gasteiger partial charge is 0.457 e. The topological polar surface area (TPSA) is 139 Å². The fraction of sp³-hybridized carbons (Fsp3) is 0.400. The summed E-state index contributed by atoms with van der Waals surface area (Å²) < 4.78 is 47.8. The predicted octanol–water partition coefficient (Wildman–Crippen LogP) is 8.61. The number of rotatable bonds is 14. The maximum absolute atomic E-state index is 13.2. The molecule has 0 atom stereocenters. The number of halogens is 3. The van der Waals surface area contributed by atoms with E-state index in [0.29, 0.717) is 39.6 Å². The molecule has 1 aliphatic heterocycles. The van der Waals surface area contributed by atoms with Gasteiger partial charge in [0.15, 0.2) is 0 Å². The Kier molecular flexibility index (Phi) is 12.2. The highest BCUT2D eigenvalue weighted by Crippen LogP contribution is 2.37. The Morgan fingerprint density at radius 1 is 0.983 bits per heavy atom. The Hall–Kier alpha value is -5.60. The number of unbranched alkanes of at least 4 members (excludes halogenated alkanes) is 2. The first-order valence-corrected chi connectivity index (χ1v) is 20.1. The predicted molar refractivity (Wildman–Crippen MR) is 217 cm³/mol. The SMILES string of the molecule is CN(CCCCCc1cccc(Oc2cccc3c2C(=O)NC(=O)C3)c1)C[C@H]1CC[C@H](n2cc3cc(NC(=O)c4cccc(C(F)(F)F)n4)c(C(C)(C)O)cc3n2)CC1. The average Bonchev–Trinajstić information content (AvgIpc) is 3.60. The second kappa shape index (κ2) is 17.3. The highest BCUT2D eigenvalue weighted by molar-refractivity contribution is 6.11.